The molecule has 0 bridgehead atoms. The van der Waals surface area contributed by atoms with Crippen LogP contribution in [0.15, 0.2) is 35.9 Å². The number of nitrogens with one attached hydrogen (secondary N) is 1. The van der Waals surface area contributed by atoms with E-state index < -0.39 is 18.2 Å². The van der Waals surface area contributed by atoms with Crippen LogP contribution in [0.3, 0.4) is 0 Å². The van der Waals surface area contributed by atoms with E-state index in [1.807, 2.05) is 25.1 Å². The van der Waals surface area contributed by atoms with Gasteiger partial charge in [-0.25, -0.2) is 0 Å². The molecule has 0 aromatic heterocycles. The lowest BCUT2D eigenvalue weighted by Gasteiger charge is -2.40. The lowest BCUT2D eigenvalue weighted by Crippen LogP contribution is -2.55. The molecule has 3 N–H and O–H groups in total. The maximum atomic E-state index is 13.0. The van der Waals surface area contributed by atoms with E-state index >= 15 is 0 Å². The number of benzene rings is 1. The van der Waals surface area contributed by atoms with E-state index in [-0.39, 0.29) is 31.4 Å². The molecule has 3 atom stereocenters. The number of carbonyl (C=O) groups excluding carboxylic acids is 2. The minimum Gasteiger partial charge on any atom is -0.482 e. The molecule has 2 rings (SSSR count). The smallest absolute Gasteiger partial charge is 0.247 e. The Balaban J connectivity index is 2.35. The predicted molar refractivity (Wildman–Crippen MR) is 129 cm³/mol. The van der Waals surface area contributed by atoms with Gasteiger partial charge in [0.2, 0.25) is 11.8 Å². The highest BCUT2D eigenvalue weighted by atomic mass is 127. The number of para-hydroxylation sites is 1. The summed E-state index contributed by atoms with van der Waals surface area (Å²) in [6, 6.07) is 6.77. The number of hydrogen-bond acceptors (Lipinski definition) is 6. The average Bonchev–Trinajstić information content (AvgIpc) is 2.79. The van der Waals surface area contributed by atoms with Gasteiger partial charge in [0.25, 0.3) is 0 Å². The van der Waals surface area contributed by atoms with Crippen molar-refractivity contribution in [1.82, 2.24) is 10.2 Å². The van der Waals surface area contributed by atoms with Crippen molar-refractivity contribution in [2.24, 2.45) is 0 Å². The molecular formula is C23H33IN2O6. The van der Waals surface area contributed by atoms with Crippen LogP contribution in [0.5, 0.6) is 5.75 Å². The molecule has 32 heavy (non-hydrogen) atoms. The molecule has 1 aromatic rings. The van der Waals surface area contributed by atoms with Gasteiger partial charge < -0.3 is 29.9 Å². The van der Waals surface area contributed by atoms with Crippen LogP contribution in [0.1, 0.15) is 32.6 Å². The zero-order chi connectivity index (χ0) is 23.5. The summed E-state index contributed by atoms with van der Waals surface area (Å²) in [5, 5.41) is 22.9. The van der Waals surface area contributed by atoms with Crippen molar-refractivity contribution in [3.05, 3.63) is 39.5 Å². The van der Waals surface area contributed by atoms with Crippen LogP contribution in [-0.4, -0.2) is 78.6 Å². The number of amides is 2. The number of carbonyl (C=O) groups is 2. The van der Waals surface area contributed by atoms with Crippen molar-refractivity contribution < 1.29 is 29.3 Å². The normalized spacial score (nSPS) is 20.4. The number of aliphatic hydroxyl groups excluding tert-OH is 2. The standard InChI is InChI=1S/C23H33IN2O6/c1-3-4-9-21(28)26(11-13-31-2)18-14-16(23(30)25-10-12-27)15-20(22(18)29)32-19-8-6-5-7-17(19)24/h5-8,15,18,20,22,27,29H,3-4,9-14H2,1-2H3,(H,25,30). The number of ether oxygens (including phenoxy) is 2. The van der Waals surface area contributed by atoms with Gasteiger partial charge in [0.15, 0.2) is 0 Å². The third-order valence-electron chi connectivity index (χ3n) is 5.32. The maximum absolute atomic E-state index is 13.0. The Morgan fingerprint density at radius 1 is 1.31 bits per heavy atom. The largest absolute Gasteiger partial charge is 0.482 e. The van der Waals surface area contributed by atoms with Gasteiger partial charge in [-0.15, -0.1) is 0 Å². The van der Waals surface area contributed by atoms with Gasteiger partial charge in [-0.2, -0.15) is 0 Å². The highest BCUT2D eigenvalue weighted by Gasteiger charge is 2.40. The van der Waals surface area contributed by atoms with Crippen LogP contribution < -0.4 is 10.1 Å². The zero-order valence-electron chi connectivity index (χ0n) is 18.6. The van der Waals surface area contributed by atoms with E-state index in [0.717, 1.165) is 16.4 Å². The Labute approximate surface area is 203 Å². The third-order valence-corrected chi connectivity index (χ3v) is 6.21. The number of methoxy groups -OCH3 is 1. The average molecular weight is 560 g/mol. The van der Waals surface area contributed by atoms with Crippen molar-refractivity contribution in [2.75, 3.05) is 33.4 Å². The molecule has 3 unspecified atom stereocenters. The lowest BCUT2D eigenvalue weighted by atomic mass is 9.88. The van der Waals surface area contributed by atoms with Crippen LogP contribution in [0.25, 0.3) is 0 Å². The third kappa shape index (κ3) is 7.43. The van der Waals surface area contributed by atoms with Gasteiger partial charge in [0, 0.05) is 38.6 Å². The van der Waals surface area contributed by atoms with E-state index in [1.165, 1.54) is 0 Å². The Hall–Kier alpha value is -1.69. The molecule has 0 aliphatic heterocycles. The monoisotopic (exact) mass is 560 g/mol. The van der Waals surface area contributed by atoms with E-state index in [2.05, 4.69) is 27.9 Å². The second-order valence-electron chi connectivity index (χ2n) is 7.63. The van der Waals surface area contributed by atoms with Gasteiger partial charge in [-0.1, -0.05) is 25.5 Å². The molecule has 178 valence electrons. The Kier molecular flexibility index (Phi) is 11.4. The molecule has 0 spiro atoms. The van der Waals surface area contributed by atoms with E-state index in [9.17, 15) is 14.7 Å². The number of aliphatic hydroxyl groups is 2. The van der Waals surface area contributed by atoms with E-state index in [0.29, 0.717) is 30.9 Å². The van der Waals surface area contributed by atoms with Crippen molar-refractivity contribution in [3.8, 4) is 5.75 Å². The zero-order valence-corrected chi connectivity index (χ0v) is 20.8. The predicted octanol–water partition coefficient (Wildman–Crippen LogP) is 1.87. The first-order chi connectivity index (χ1) is 15.4. The topological polar surface area (TPSA) is 108 Å². The Morgan fingerprint density at radius 2 is 2.06 bits per heavy atom. The van der Waals surface area contributed by atoms with Crippen LogP contribution in [0, 0.1) is 3.57 Å². The summed E-state index contributed by atoms with van der Waals surface area (Å²) in [4.78, 5) is 27.3. The quantitative estimate of drug-likeness (QED) is 0.337. The second kappa shape index (κ2) is 13.8. The minimum absolute atomic E-state index is 0.0852. The highest BCUT2D eigenvalue weighted by Crippen LogP contribution is 2.30. The molecular weight excluding hydrogens is 527 g/mol. The number of hydrogen-bond donors (Lipinski definition) is 3. The molecule has 8 nitrogen and oxygen atoms in total. The second-order valence-corrected chi connectivity index (χ2v) is 8.79. The number of unbranched alkanes of at least 4 members (excludes halogenated alkanes) is 1. The number of rotatable bonds is 12. The molecule has 0 radical (unpaired) electrons. The molecule has 0 heterocycles. The summed E-state index contributed by atoms with van der Waals surface area (Å²) in [7, 11) is 1.56. The van der Waals surface area contributed by atoms with Gasteiger partial charge in [0.1, 0.15) is 18.0 Å². The van der Waals surface area contributed by atoms with Gasteiger partial charge >= 0.3 is 0 Å². The van der Waals surface area contributed by atoms with Crippen LogP contribution in [-0.2, 0) is 14.3 Å². The highest BCUT2D eigenvalue weighted by molar-refractivity contribution is 14.1. The first-order valence-corrected chi connectivity index (χ1v) is 12.0. The molecule has 0 saturated heterocycles. The minimum atomic E-state index is -1.03. The summed E-state index contributed by atoms with van der Waals surface area (Å²) < 4.78 is 12.2. The molecule has 9 heteroatoms. The fraction of sp³-hybridized carbons (Fsp3) is 0.565. The van der Waals surface area contributed by atoms with Gasteiger partial charge in [0.05, 0.1) is 22.8 Å². The molecule has 1 aromatic carbocycles. The van der Waals surface area contributed by atoms with Gasteiger partial charge in [-0.05, 0) is 47.2 Å². The SMILES string of the molecule is CCCCC(=O)N(CCOC)C1CC(C(=O)NCCO)=CC(Oc2ccccc2I)C1O. The molecule has 1 aliphatic rings. The van der Waals surface area contributed by atoms with Crippen LogP contribution in [0.4, 0.5) is 0 Å². The molecule has 0 fully saturated rings. The number of nitrogens with zero attached hydrogens (tertiary/aromatic N) is 1. The Bertz CT molecular complexity index is 788. The van der Waals surface area contributed by atoms with Crippen molar-refractivity contribution in [1.29, 1.82) is 0 Å². The van der Waals surface area contributed by atoms with Crippen molar-refractivity contribution in [2.45, 2.75) is 50.9 Å². The summed E-state index contributed by atoms with van der Waals surface area (Å²) in [5.74, 6) is 0.155. The van der Waals surface area contributed by atoms with Crippen LogP contribution in [0.2, 0.25) is 0 Å². The fourth-order valence-corrected chi connectivity index (χ4v) is 4.12. The molecule has 2 amide bonds. The summed E-state index contributed by atoms with van der Waals surface area (Å²) in [5.41, 5.74) is 0.412. The Morgan fingerprint density at radius 3 is 2.72 bits per heavy atom. The summed E-state index contributed by atoms with van der Waals surface area (Å²) in [6.07, 6.45) is 1.94. The summed E-state index contributed by atoms with van der Waals surface area (Å²) >= 11 is 2.15. The van der Waals surface area contributed by atoms with Crippen molar-refractivity contribution in [3.63, 3.8) is 0 Å². The first kappa shape index (κ1) is 26.6. The van der Waals surface area contributed by atoms with Crippen molar-refractivity contribution >= 4 is 34.4 Å². The van der Waals surface area contributed by atoms with Crippen LogP contribution >= 0.6 is 22.6 Å². The summed E-state index contributed by atoms with van der Waals surface area (Å²) in [6.45, 7) is 2.58. The number of halogens is 1. The van der Waals surface area contributed by atoms with E-state index in [4.69, 9.17) is 14.6 Å². The molecule has 0 saturated carbocycles. The lowest BCUT2D eigenvalue weighted by molar-refractivity contribution is -0.139. The first-order valence-electron chi connectivity index (χ1n) is 10.9. The fourth-order valence-electron chi connectivity index (χ4n) is 3.60. The van der Waals surface area contributed by atoms with E-state index in [1.54, 1.807) is 24.2 Å². The molecule has 1 aliphatic carbocycles. The maximum Gasteiger partial charge on any atom is 0.247 e. The van der Waals surface area contributed by atoms with Gasteiger partial charge in [-0.3, -0.25) is 9.59 Å².